The zero-order chi connectivity index (χ0) is 33.5. The number of nitrogens with one attached hydrogen (secondary N) is 2. The van der Waals surface area contributed by atoms with Crippen LogP contribution in [0.1, 0.15) is 46.1 Å². The Hall–Kier alpha value is -5.80. The summed E-state index contributed by atoms with van der Waals surface area (Å²) in [7, 11) is 0. The maximum absolute atomic E-state index is 14.8. The summed E-state index contributed by atoms with van der Waals surface area (Å²) >= 11 is 0. The van der Waals surface area contributed by atoms with Gasteiger partial charge in [0.2, 0.25) is 11.8 Å². The molecule has 2 saturated heterocycles. The molecule has 6 atom stereocenters. The van der Waals surface area contributed by atoms with Crippen molar-refractivity contribution in [3.05, 3.63) is 162 Å². The molecule has 6 unspecified atom stereocenters. The highest BCUT2D eigenvalue weighted by Gasteiger charge is 2.73. The lowest BCUT2D eigenvalue weighted by atomic mass is 9.65. The number of carbonyl (C=O) groups is 3. The summed E-state index contributed by atoms with van der Waals surface area (Å²) in [5.41, 5.74) is 2.84. The van der Waals surface area contributed by atoms with Crippen LogP contribution in [0, 0.1) is 5.92 Å². The van der Waals surface area contributed by atoms with Crippen molar-refractivity contribution in [3.8, 4) is 5.75 Å². The molecule has 0 bridgehead atoms. The molecule has 0 radical (unpaired) electrons. The predicted molar refractivity (Wildman–Crippen MR) is 182 cm³/mol. The van der Waals surface area contributed by atoms with Crippen molar-refractivity contribution in [1.29, 1.82) is 0 Å². The second-order valence-electron chi connectivity index (χ2n) is 12.7. The van der Waals surface area contributed by atoms with Gasteiger partial charge in [0.25, 0.3) is 0 Å². The summed E-state index contributed by atoms with van der Waals surface area (Å²) in [6.07, 6.45) is 1.43. The highest BCUT2D eigenvalue weighted by atomic mass is 16.6. The molecule has 49 heavy (non-hydrogen) atoms. The monoisotopic (exact) mass is 650 g/mol. The highest BCUT2D eigenvalue weighted by Crippen LogP contribution is 2.64. The molecule has 4 aromatic carbocycles. The van der Waals surface area contributed by atoms with Gasteiger partial charge in [-0.25, -0.2) is 0 Å². The fraction of sp³-hybridized carbons (Fsp3) is 0.200. The molecule has 9 heteroatoms. The van der Waals surface area contributed by atoms with Gasteiger partial charge in [-0.15, -0.1) is 0 Å². The van der Waals surface area contributed by atoms with Crippen LogP contribution in [0.15, 0.2) is 134 Å². The molecule has 1 spiro atoms. The van der Waals surface area contributed by atoms with Crippen LogP contribution in [-0.2, 0) is 31.0 Å². The van der Waals surface area contributed by atoms with E-state index in [2.05, 4.69) is 15.6 Å². The summed E-state index contributed by atoms with van der Waals surface area (Å²) in [5, 5.41) is 16.5. The number of nitrogens with zero attached hydrogens (tertiary/aromatic N) is 2. The number of esters is 1. The molecular formula is C40H34N4O5. The highest BCUT2D eigenvalue weighted by molar-refractivity contribution is 6.12. The van der Waals surface area contributed by atoms with Gasteiger partial charge in [-0.3, -0.25) is 24.3 Å². The maximum Gasteiger partial charge on any atom is 0.324 e. The van der Waals surface area contributed by atoms with E-state index in [0.29, 0.717) is 23.2 Å². The number of aromatic nitrogens is 1. The Bertz CT molecular complexity index is 2010. The largest absolute Gasteiger partial charge is 0.508 e. The fourth-order valence-electron chi connectivity index (χ4n) is 8.18. The molecule has 5 aromatic rings. The van der Waals surface area contributed by atoms with Crippen LogP contribution < -0.4 is 10.6 Å². The molecule has 0 aliphatic carbocycles. The number of hydrogen-bond donors (Lipinski definition) is 3. The summed E-state index contributed by atoms with van der Waals surface area (Å²) in [4.78, 5) is 50.7. The van der Waals surface area contributed by atoms with Crippen molar-refractivity contribution in [2.24, 2.45) is 5.92 Å². The second kappa shape index (κ2) is 12.3. The normalized spacial score (nSPS) is 25.7. The lowest BCUT2D eigenvalue weighted by molar-refractivity contribution is -0.178. The number of fused-ring (bicyclic) bond motifs is 3. The first kappa shape index (κ1) is 30.5. The fourth-order valence-corrected chi connectivity index (χ4v) is 8.18. The van der Waals surface area contributed by atoms with Gasteiger partial charge >= 0.3 is 5.97 Å². The Balaban J connectivity index is 1.35. The number of pyridine rings is 1. The number of ether oxygens (including phenoxy) is 1. The number of anilines is 1. The van der Waals surface area contributed by atoms with Crippen molar-refractivity contribution >= 4 is 23.5 Å². The first-order valence-corrected chi connectivity index (χ1v) is 16.4. The number of carbonyl (C=O) groups excluding carboxylic acids is 3. The van der Waals surface area contributed by atoms with Crippen LogP contribution in [0.2, 0.25) is 0 Å². The van der Waals surface area contributed by atoms with Crippen LogP contribution in [-0.4, -0.2) is 45.4 Å². The van der Waals surface area contributed by atoms with E-state index in [1.807, 2.05) is 108 Å². The number of morpholine rings is 1. The van der Waals surface area contributed by atoms with Crippen molar-refractivity contribution in [3.63, 3.8) is 0 Å². The number of cyclic esters (lactones) is 1. The van der Waals surface area contributed by atoms with Gasteiger partial charge in [0.05, 0.1) is 18.0 Å². The first-order valence-electron chi connectivity index (χ1n) is 16.4. The molecule has 2 fully saturated rings. The van der Waals surface area contributed by atoms with Crippen LogP contribution in [0.4, 0.5) is 5.69 Å². The average Bonchev–Trinajstić information content (AvgIpc) is 3.62. The third-order valence-electron chi connectivity index (χ3n) is 10.1. The van der Waals surface area contributed by atoms with E-state index < -0.39 is 47.4 Å². The number of benzene rings is 4. The molecule has 8 rings (SSSR count). The van der Waals surface area contributed by atoms with Gasteiger partial charge in [0.15, 0.2) is 0 Å². The lowest BCUT2D eigenvalue weighted by Crippen LogP contribution is -2.55. The third kappa shape index (κ3) is 4.96. The molecule has 3 N–H and O–H groups in total. The molecule has 0 saturated carbocycles. The van der Waals surface area contributed by atoms with Crippen LogP contribution >= 0.6 is 0 Å². The average molecular weight is 651 g/mol. The number of rotatable bonds is 7. The van der Waals surface area contributed by atoms with E-state index in [9.17, 15) is 19.5 Å². The lowest BCUT2D eigenvalue weighted by Gasteiger charge is -2.46. The minimum Gasteiger partial charge on any atom is -0.508 e. The van der Waals surface area contributed by atoms with E-state index in [1.54, 1.807) is 30.5 Å². The van der Waals surface area contributed by atoms with Gasteiger partial charge in [0.1, 0.15) is 23.3 Å². The third-order valence-corrected chi connectivity index (χ3v) is 10.1. The quantitative estimate of drug-likeness (QED) is 0.201. The second-order valence-corrected chi connectivity index (χ2v) is 12.7. The smallest absolute Gasteiger partial charge is 0.324 e. The van der Waals surface area contributed by atoms with Gasteiger partial charge in [0, 0.05) is 30.5 Å². The van der Waals surface area contributed by atoms with Crippen LogP contribution in [0.3, 0.4) is 0 Å². The van der Waals surface area contributed by atoms with Crippen molar-refractivity contribution in [2.75, 3.05) is 11.9 Å². The Kier molecular flexibility index (Phi) is 7.69. The Morgan fingerprint density at radius 2 is 1.47 bits per heavy atom. The molecule has 1 aromatic heterocycles. The summed E-state index contributed by atoms with van der Waals surface area (Å²) in [6, 6.07) is 36.5. The maximum atomic E-state index is 14.8. The standard InChI is InChI=1S/C40H34N4O5/c45-29-20-18-27(19-21-29)36-40(30-16-7-8-17-31(30)43-39(40)48)32(37(46)42-24-22-28-15-9-10-23-41-28)34-38(47)49-35(26-13-5-2-6-14-26)33(44(34)36)25-11-3-1-4-12-25/h1-21,23,32-36,45H,22,24H2,(H,42,46)(H,43,48). The molecule has 4 heterocycles. The van der Waals surface area contributed by atoms with Gasteiger partial charge in [-0.2, -0.15) is 0 Å². The summed E-state index contributed by atoms with van der Waals surface area (Å²) in [5.74, 6) is -2.49. The van der Waals surface area contributed by atoms with E-state index in [-0.39, 0.29) is 18.2 Å². The minimum absolute atomic E-state index is 0.0623. The van der Waals surface area contributed by atoms with E-state index >= 15 is 0 Å². The van der Waals surface area contributed by atoms with Gasteiger partial charge in [-0.05, 0) is 52.6 Å². The number of aromatic hydroxyl groups is 1. The number of hydrogen-bond acceptors (Lipinski definition) is 7. The topological polar surface area (TPSA) is 121 Å². The summed E-state index contributed by atoms with van der Waals surface area (Å²) in [6.45, 7) is 0.256. The van der Waals surface area contributed by atoms with Gasteiger partial charge < -0.3 is 20.5 Å². The van der Waals surface area contributed by atoms with Crippen molar-refractivity contribution < 1.29 is 24.2 Å². The zero-order valence-electron chi connectivity index (χ0n) is 26.5. The Morgan fingerprint density at radius 1 is 0.796 bits per heavy atom. The van der Waals surface area contributed by atoms with E-state index in [4.69, 9.17) is 4.74 Å². The molecule has 244 valence electrons. The van der Waals surface area contributed by atoms with Crippen LogP contribution in [0.25, 0.3) is 0 Å². The minimum atomic E-state index is -1.54. The first-order chi connectivity index (χ1) is 24.0. The number of amides is 2. The Morgan fingerprint density at radius 3 is 2.18 bits per heavy atom. The molecular weight excluding hydrogens is 616 g/mol. The van der Waals surface area contributed by atoms with Crippen molar-refractivity contribution in [2.45, 2.75) is 36.1 Å². The number of phenols is 1. The van der Waals surface area contributed by atoms with Gasteiger partial charge in [-0.1, -0.05) is 97.1 Å². The SMILES string of the molecule is O=C1OC(c2ccccc2)C(c2ccccc2)N2C1C(C(=O)NCCc1ccccn1)C1(C(=O)Nc3ccccc31)C2c1ccc(O)cc1. The zero-order valence-corrected chi connectivity index (χ0v) is 26.5. The van der Waals surface area contributed by atoms with E-state index in [1.165, 1.54) is 0 Å². The molecule has 3 aliphatic rings. The molecule has 9 nitrogen and oxygen atoms in total. The molecule has 3 aliphatic heterocycles. The summed E-state index contributed by atoms with van der Waals surface area (Å²) < 4.78 is 6.39. The van der Waals surface area contributed by atoms with Crippen molar-refractivity contribution in [1.82, 2.24) is 15.2 Å². The number of para-hydroxylation sites is 1. The van der Waals surface area contributed by atoms with Crippen LogP contribution in [0.5, 0.6) is 5.75 Å². The van der Waals surface area contributed by atoms with E-state index in [0.717, 1.165) is 16.8 Å². The molecule has 2 amide bonds. The number of phenolic OH excluding ortho intramolecular Hbond substituents is 1. The Labute approximate surface area is 283 Å². The predicted octanol–water partition coefficient (Wildman–Crippen LogP) is 5.42.